The maximum absolute atomic E-state index is 12.6. The summed E-state index contributed by atoms with van der Waals surface area (Å²) in [6, 6.07) is 21.5. The minimum Gasteiger partial charge on any atom is -0.480 e. The lowest BCUT2D eigenvalue weighted by Gasteiger charge is -2.20. The number of nitrogens with one attached hydrogen (secondary N) is 1. The number of carboxylic acids is 1. The number of hydrogen-bond acceptors (Lipinski definition) is 3. The first-order valence-corrected chi connectivity index (χ1v) is 8.67. The molecule has 0 aliphatic rings. The summed E-state index contributed by atoms with van der Waals surface area (Å²) >= 11 is 0. The minimum atomic E-state index is -1.08. The van der Waals surface area contributed by atoms with Crippen LogP contribution >= 0.6 is 0 Å². The molecule has 3 rings (SSSR count). The third-order valence-electron chi connectivity index (χ3n) is 4.49. The van der Waals surface area contributed by atoms with Gasteiger partial charge in [0.05, 0.1) is 0 Å². The summed E-state index contributed by atoms with van der Waals surface area (Å²) in [5.41, 5.74) is 1.54. The van der Waals surface area contributed by atoms with Crippen molar-refractivity contribution in [3.8, 4) is 0 Å². The van der Waals surface area contributed by atoms with Gasteiger partial charge in [-0.3, -0.25) is 4.79 Å². The molecule has 2 atom stereocenters. The number of carbonyl (C=O) groups is 2. The molecule has 0 aliphatic heterocycles. The highest BCUT2D eigenvalue weighted by molar-refractivity contribution is 5.89. The Morgan fingerprint density at radius 2 is 1.63 bits per heavy atom. The van der Waals surface area contributed by atoms with Crippen LogP contribution in [0.4, 0.5) is 0 Å². The fourth-order valence-electron chi connectivity index (χ4n) is 3.16. The summed E-state index contributed by atoms with van der Waals surface area (Å²) in [5, 5.41) is 14.3. The van der Waals surface area contributed by atoms with Gasteiger partial charge in [-0.25, -0.2) is 4.79 Å². The minimum absolute atomic E-state index is 0.188. The van der Waals surface area contributed by atoms with Crippen LogP contribution in [0.5, 0.6) is 0 Å². The number of aliphatic carboxylic acids is 1. The van der Waals surface area contributed by atoms with Crippen LogP contribution in [0.3, 0.4) is 0 Å². The molecule has 0 spiro atoms. The van der Waals surface area contributed by atoms with E-state index in [-0.39, 0.29) is 6.42 Å². The summed E-state index contributed by atoms with van der Waals surface area (Å²) in [6.07, 6.45) is -0.672. The van der Waals surface area contributed by atoms with E-state index in [0.717, 1.165) is 16.3 Å². The molecule has 0 aromatic heterocycles. The Morgan fingerprint density at radius 1 is 0.963 bits per heavy atom. The molecule has 0 radical (unpaired) electrons. The van der Waals surface area contributed by atoms with Gasteiger partial charge in [0.15, 0.2) is 6.10 Å². The van der Waals surface area contributed by atoms with E-state index in [4.69, 9.17) is 4.74 Å². The normalized spacial score (nSPS) is 13.1. The van der Waals surface area contributed by atoms with E-state index >= 15 is 0 Å². The maximum Gasteiger partial charge on any atom is 0.326 e. The highest BCUT2D eigenvalue weighted by atomic mass is 16.5. The summed E-state index contributed by atoms with van der Waals surface area (Å²) in [5.74, 6) is -1.56. The fourth-order valence-corrected chi connectivity index (χ4v) is 3.16. The van der Waals surface area contributed by atoms with Crippen molar-refractivity contribution >= 4 is 22.6 Å². The van der Waals surface area contributed by atoms with E-state index in [2.05, 4.69) is 5.32 Å². The third kappa shape index (κ3) is 4.33. The second-order valence-corrected chi connectivity index (χ2v) is 6.27. The first-order valence-electron chi connectivity index (χ1n) is 8.67. The highest BCUT2D eigenvalue weighted by Gasteiger charge is 2.26. The lowest BCUT2D eigenvalue weighted by molar-refractivity contribution is -0.144. The average molecular weight is 363 g/mol. The number of carboxylic acid groups (broad SMARTS) is 1. The highest BCUT2D eigenvalue weighted by Crippen LogP contribution is 2.21. The second-order valence-electron chi connectivity index (χ2n) is 6.27. The number of amides is 1. The Hall–Kier alpha value is -3.18. The second kappa shape index (κ2) is 8.47. The molecule has 3 aromatic rings. The van der Waals surface area contributed by atoms with Crippen LogP contribution in [0.2, 0.25) is 0 Å². The quantitative estimate of drug-likeness (QED) is 0.675. The Morgan fingerprint density at radius 3 is 2.33 bits per heavy atom. The molecule has 3 aromatic carbocycles. The van der Waals surface area contributed by atoms with Crippen molar-refractivity contribution in [2.24, 2.45) is 0 Å². The summed E-state index contributed by atoms with van der Waals surface area (Å²) in [7, 11) is 1.43. The molecular weight excluding hydrogens is 342 g/mol. The van der Waals surface area contributed by atoms with Gasteiger partial charge in [0.1, 0.15) is 6.04 Å². The van der Waals surface area contributed by atoms with E-state index in [1.54, 1.807) is 24.3 Å². The van der Waals surface area contributed by atoms with Crippen molar-refractivity contribution < 1.29 is 19.4 Å². The van der Waals surface area contributed by atoms with Crippen molar-refractivity contribution in [2.75, 3.05) is 7.11 Å². The Balaban J connectivity index is 1.81. The molecule has 5 nitrogen and oxygen atoms in total. The predicted molar refractivity (Wildman–Crippen MR) is 103 cm³/mol. The number of carbonyl (C=O) groups excluding carboxylic acids is 1. The molecule has 1 amide bonds. The van der Waals surface area contributed by atoms with E-state index in [1.165, 1.54) is 7.11 Å². The van der Waals surface area contributed by atoms with Gasteiger partial charge >= 0.3 is 5.97 Å². The monoisotopic (exact) mass is 363 g/mol. The van der Waals surface area contributed by atoms with E-state index in [0.29, 0.717) is 5.56 Å². The van der Waals surface area contributed by atoms with Crippen LogP contribution in [-0.4, -0.2) is 30.1 Å². The van der Waals surface area contributed by atoms with Crippen LogP contribution in [0.1, 0.15) is 17.2 Å². The van der Waals surface area contributed by atoms with Crippen LogP contribution < -0.4 is 5.32 Å². The zero-order valence-electron chi connectivity index (χ0n) is 15.0. The Kier molecular flexibility index (Phi) is 5.84. The van der Waals surface area contributed by atoms with E-state index in [9.17, 15) is 14.7 Å². The zero-order chi connectivity index (χ0) is 19.2. The molecule has 0 heterocycles. The lowest BCUT2D eigenvalue weighted by atomic mass is 9.98. The van der Waals surface area contributed by atoms with Gasteiger partial charge in [0.2, 0.25) is 0 Å². The van der Waals surface area contributed by atoms with Gasteiger partial charge in [-0.1, -0.05) is 72.8 Å². The first-order chi connectivity index (χ1) is 13.1. The zero-order valence-corrected chi connectivity index (χ0v) is 15.0. The molecule has 138 valence electrons. The maximum atomic E-state index is 12.6. The Bertz CT molecular complexity index is 934. The van der Waals surface area contributed by atoms with Gasteiger partial charge in [-0.2, -0.15) is 0 Å². The first kappa shape index (κ1) is 18.6. The molecule has 0 saturated heterocycles. The molecule has 27 heavy (non-hydrogen) atoms. The summed E-state index contributed by atoms with van der Waals surface area (Å²) < 4.78 is 5.29. The lowest BCUT2D eigenvalue weighted by Crippen LogP contribution is -2.44. The number of methoxy groups -OCH3 is 1. The van der Waals surface area contributed by atoms with Crippen LogP contribution in [-0.2, 0) is 20.7 Å². The molecule has 0 unspecified atom stereocenters. The van der Waals surface area contributed by atoms with Gasteiger partial charge in [0.25, 0.3) is 5.91 Å². The molecule has 5 heteroatoms. The molecule has 0 aliphatic carbocycles. The summed E-state index contributed by atoms with van der Waals surface area (Å²) in [4.78, 5) is 24.4. The van der Waals surface area contributed by atoms with Crippen molar-refractivity contribution in [2.45, 2.75) is 18.6 Å². The molecular formula is C22H21NO4. The SMILES string of the molecule is CO[C@H](C(=O)N[C@H](Cc1cccc2ccccc12)C(=O)O)c1ccccc1. The molecule has 0 fully saturated rings. The number of benzene rings is 3. The van der Waals surface area contributed by atoms with E-state index < -0.39 is 24.0 Å². The predicted octanol–water partition coefficient (Wildman–Crippen LogP) is 3.34. The number of fused-ring (bicyclic) bond motifs is 1. The largest absolute Gasteiger partial charge is 0.480 e. The number of hydrogen-bond donors (Lipinski definition) is 2. The van der Waals surface area contributed by atoms with Crippen LogP contribution in [0.15, 0.2) is 72.8 Å². The third-order valence-corrected chi connectivity index (χ3v) is 4.49. The molecule has 0 saturated carbocycles. The molecule has 2 N–H and O–H groups in total. The summed E-state index contributed by atoms with van der Waals surface area (Å²) in [6.45, 7) is 0. The van der Waals surface area contributed by atoms with Crippen molar-refractivity contribution in [3.05, 3.63) is 83.9 Å². The van der Waals surface area contributed by atoms with Crippen LogP contribution in [0, 0.1) is 0 Å². The topological polar surface area (TPSA) is 75.6 Å². The van der Waals surface area contributed by atoms with Crippen LogP contribution in [0.25, 0.3) is 10.8 Å². The van der Waals surface area contributed by atoms with Crippen molar-refractivity contribution in [1.82, 2.24) is 5.32 Å². The number of rotatable bonds is 7. The smallest absolute Gasteiger partial charge is 0.326 e. The van der Waals surface area contributed by atoms with E-state index in [1.807, 2.05) is 48.5 Å². The van der Waals surface area contributed by atoms with Gasteiger partial charge < -0.3 is 15.2 Å². The van der Waals surface area contributed by atoms with Gasteiger partial charge in [-0.15, -0.1) is 0 Å². The van der Waals surface area contributed by atoms with Gasteiger partial charge in [-0.05, 0) is 21.9 Å². The van der Waals surface area contributed by atoms with Crippen molar-refractivity contribution in [3.63, 3.8) is 0 Å². The average Bonchev–Trinajstić information content (AvgIpc) is 2.69. The standard InChI is InChI=1S/C22H21NO4/c1-27-20(16-9-3-2-4-10-16)21(24)23-19(22(25)26)14-17-12-7-11-15-8-5-6-13-18(15)17/h2-13,19-20H,14H2,1H3,(H,23,24)(H,25,26)/t19-,20+/m1/s1. The molecule has 0 bridgehead atoms. The Labute approximate surface area is 157 Å². The van der Waals surface area contributed by atoms with Crippen molar-refractivity contribution in [1.29, 1.82) is 0 Å². The van der Waals surface area contributed by atoms with Gasteiger partial charge in [0, 0.05) is 13.5 Å². The number of ether oxygens (including phenoxy) is 1. The fraction of sp³-hybridized carbons (Fsp3) is 0.182.